The van der Waals surface area contributed by atoms with Crippen molar-refractivity contribution < 1.29 is 4.39 Å². The van der Waals surface area contributed by atoms with Crippen LogP contribution in [0.1, 0.15) is 31.9 Å². The smallest absolute Gasteiger partial charge is 0.306 e. The van der Waals surface area contributed by atoms with Crippen molar-refractivity contribution in [2.45, 2.75) is 32.7 Å². The SMILES string of the molecule is CC(C)(C)c1ccc(-c2ccc3c(c2)[nH]c(=O)n3Cc2ccccc2F)cc1. The van der Waals surface area contributed by atoms with E-state index < -0.39 is 0 Å². The third kappa shape index (κ3) is 3.38. The molecule has 0 fully saturated rings. The lowest BCUT2D eigenvalue weighted by atomic mass is 9.86. The number of benzene rings is 3. The fraction of sp³-hybridized carbons (Fsp3) is 0.208. The maximum absolute atomic E-state index is 14.0. The molecule has 0 atom stereocenters. The summed E-state index contributed by atoms with van der Waals surface area (Å²) in [6.45, 7) is 6.77. The number of nitrogens with one attached hydrogen (secondary N) is 1. The molecule has 3 nitrogen and oxygen atoms in total. The molecule has 0 saturated heterocycles. The number of aromatic amines is 1. The predicted molar refractivity (Wildman–Crippen MR) is 112 cm³/mol. The minimum atomic E-state index is -0.306. The number of nitrogens with zero attached hydrogens (tertiary/aromatic N) is 1. The van der Waals surface area contributed by atoms with Crippen LogP contribution in [-0.2, 0) is 12.0 Å². The van der Waals surface area contributed by atoms with Gasteiger partial charge in [0.15, 0.2) is 0 Å². The molecule has 4 aromatic rings. The van der Waals surface area contributed by atoms with Gasteiger partial charge in [0.2, 0.25) is 0 Å². The zero-order valence-electron chi connectivity index (χ0n) is 16.3. The molecule has 0 saturated carbocycles. The summed E-state index contributed by atoms with van der Waals surface area (Å²) < 4.78 is 15.6. The third-order valence-electron chi connectivity index (χ3n) is 5.14. The van der Waals surface area contributed by atoms with Crippen molar-refractivity contribution in [2.24, 2.45) is 0 Å². The van der Waals surface area contributed by atoms with Crippen LogP contribution in [0.3, 0.4) is 0 Å². The lowest BCUT2D eigenvalue weighted by Gasteiger charge is -2.19. The first-order valence-electron chi connectivity index (χ1n) is 9.40. The molecule has 0 radical (unpaired) electrons. The number of halogens is 1. The Kier molecular flexibility index (Phi) is 4.42. The van der Waals surface area contributed by atoms with Gasteiger partial charge < -0.3 is 4.98 Å². The van der Waals surface area contributed by atoms with E-state index in [-0.39, 0.29) is 23.5 Å². The van der Waals surface area contributed by atoms with Gasteiger partial charge in [-0.1, -0.05) is 69.3 Å². The molecule has 0 unspecified atom stereocenters. The second-order valence-electron chi connectivity index (χ2n) is 8.17. The Balaban J connectivity index is 1.71. The monoisotopic (exact) mass is 374 g/mol. The molecule has 28 heavy (non-hydrogen) atoms. The molecule has 1 N–H and O–H groups in total. The molecular weight excluding hydrogens is 351 g/mol. The van der Waals surface area contributed by atoms with Crippen molar-refractivity contribution in [1.29, 1.82) is 0 Å². The second-order valence-corrected chi connectivity index (χ2v) is 8.17. The van der Waals surface area contributed by atoms with E-state index in [0.29, 0.717) is 5.56 Å². The largest absolute Gasteiger partial charge is 0.326 e. The number of hydrogen-bond donors (Lipinski definition) is 1. The standard InChI is InChI=1S/C24H23FN2O/c1-24(2,3)19-11-8-16(9-12-19)17-10-13-22-21(14-17)26-23(28)27(22)15-18-6-4-5-7-20(18)25/h4-14H,15H2,1-3H3,(H,26,28). The molecule has 0 bridgehead atoms. The van der Waals surface area contributed by atoms with Crippen LogP contribution in [0.15, 0.2) is 71.5 Å². The fourth-order valence-electron chi connectivity index (χ4n) is 3.46. The number of imidazole rings is 1. The molecule has 0 aliphatic rings. The molecule has 1 heterocycles. The first-order valence-corrected chi connectivity index (χ1v) is 9.40. The third-order valence-corrected chi connectivity index (χ3v) is 5.14. The summed E-state index contributed by atoms with van der Waals surface area (Å²) in [6.07, 6.45) is 0. The van der Waals surface area contributed by atoms with E-state index in [1.165, 1.54) is 11.6 Å². The first-order chi connectivity index (χ1) is 13.3. The van der Waals surface area contributed by atoms with E-state index in [1.54, 1.807) is 22.8 Å². The normalized spacial score (nSPS) is 11.9. The van der Waals surface area contributed by atoms with Gasteiger partial charge in [0.05, 0.1) is 17.6 Å². The maximum Gasteiger partial charge on any atom is 0.326 e. The van der Waals surface area contributed by atoms with Crippen LogP contribution in [-0.4, -0.2) is 9.55 Å². The van der Waals surface area contributed by atoms with E-state index in [1.807, 2.05) is 18.2 Å². The van der Waals surface area contributed by atoms with Gasteiger partial charge in [-0.05, 0) is 40.3 Å². The molecule has 4 heteroatoms. The average molecular weight is 374 g/mol. The van der Waals surface area contributed by atoms with Gasteiger partial charge >= 0.3 is 5.69 Å². The molecule has 3 aromatic carbocycles. The van der Waals surface area contributed by atoms with Gasteiger partial charge in [0, 0.05) is 5.56 Å². The number of hydrogen-bond acceptors (Lipinski definition) is 1. The van der Waals surface area contributed by atoms with Crippen molar-refractivity contribution in [1.82, 2.24) is 9.55 Å². The molecule has 0 aliphatic carbocycles. The Hall–Kier alpha value is -3.14. The van der Waals surface area contributed by atoms with E-state index in [4.69, 9.17) is 0 Å². The van der Waals surface area contributed by atoms with Crippen molar-refractivity contribution >= 4 is 11.0 Å². The highest BCUT2D eigenvalue weighted by Crippen LogP contribution is 2.27. The van der Waals surface area contributed by atoms with Crippen LogP contribution in [0.25, 0.3) is 22.2 Å². The van der Waals surface area contributed by atoms with E-state index in [2.05, 4.69) is 50.0 Å². The number of rotatable bonds is 3. The summed E-state index contributed by atoms with van der Waals surface area (Å²) >= 11 is 0. The van der Waals surface area contributed by atoms with Gasteiger partial charge in [-0.2, -0.15) is 0 Å². The Labute approximate surface area is 163 Å². The number of fused-ring (bicyclic) bond motifs is 1. The van der Waals surface area contributed by atoms with Crippen LogP contribution < -0.4 is 5.69 Å². The summed E-state index contributed by atoms with van der Waals surface area (Å²) in [6, 6.07) is 20.9. The Bertz CT molecular complexity index is 1190. The zero-order valence-corrected chi connectivity index (χ0v) is 16.3. The lowest BCUT2D eigenvalue weighted by molar-refractivity contribution is 0.590. The van der Waals surface area contributed by atoms with Crippen LogP contribution in [0.2, 0.25) is 0 Å². The highest BCUT2D eigenvalue weighted by atomic mass is 19.1. The van der Waals surface area contributed by atoms with Gasteiger partial charge in [-0.3, -0.25) is 4.57 Å². The predicted octanol–water partition coefficient (Wildman–Crippen LogP) is 5.48. The summed E-state index contributed by atoms with van der Waals surface area (Å²) in [4.78, 5) is 15.3. The highest BCUT2D eigenvalue weighted by molar-refractivity contribution is 5.82. The minimum Gasteiger partial charge on any atom is -0.306 e. The van der Waals surface area contributed by atoms with E-state index in [9.17, 15) is 9.18 Å². The fourth-order valence-corrected chi connectivity index (χ4v) is 3.46. The van der Waals surface area contributed by atoms with E-state index in [0.717, 1.165) is 22.2 Å². The van der Waals surface area contributed by atoms with Gasteiger partial charge in [-0.15, -0.1) is 0 Å². The summed E-state index contributed by atoms with van der Waals surface area (Å²) in [5.74, 6) is -0.306. The van der Waals surface area contributed by atoms with Crippen molar-refractivity contribution in [2.75, 3.05) is 0 Å². The van der Waals surface area contributed by atoms with Gasteiger partial charge in [0.25, 0.3) is 0 Å². The summed E-state index contributed by atoms with van der Waals surface area (Å²) in [7, 11) is 0. The van der Waals surface area contributed by atoms with Gasteiger partial charge in [-0.25, -0.2) is 9.18 Å². The maximum atomic E-state index is 14.0. The number of aromatic nitrogens is 2. The lowest BCUT2D eigenvalue weighted by Crippen LogP contribution is -2.17. The quantitative estimate of drug-likeness (QED) is 0.506. The zero-order chi connectivity index (χ0) is 19.9. The van der Waals surface area contributed by atoms with Crippen LogP contribution >= 0.6 is 0 Å². The molecule has 142 valence electrons. The molecule has 1 aromatic heterocycles. The Morgan fingerprint density at radius 2 is 1.61 bits per heavy atom. The minimum absolute atomic E-state index is 0.109. The van der Waals surface area contributed by atoms with Crippen molar-refractivity contribution in [3.63, 3.8) is 0 Å². The highest BCUT2D eigenvalue weighted by Gasteiger charge is 2.14. The molecule has 0 spiro atoms. The summed E-state index contributed by atoms with van der Waals surface area (Å²) in [5, 5.41) is 0. The van der Waals surface area contributed by atoms with Crippen molar-refractivity contribution in [3.05, 3.63) is 94.2 Å². The van der Waals surface area contributed by atoms with Crippen LogP contribution in [0.4, 0.5) is 4.39 Å². The topological polar surface area (TPSA) is 37.8 Å². The van der Waals surface area contributed by atoms with Gasteiger partial charge in [0.1, 0.15) is 5.82 Å². The summed E-state index contributed by atoms with van der Waals surface area (Å²) in [5.41, 5.74) is 5.29. The first kappa shape index (κ1) is 18.2. The molecule has 0 aliphatic heterocycles. The number of H-pyrrole nitrogens is 1. The molecule has 4 rings (SSSR count). The average Bonchev–Trinajstić information content (AvgIpc) is 2.97. The Morgan fingerprint density at radius 1 is 0.929 bits per heavy atom. The second kappa shape index (κ2) is 6.79. The van der Waals surface area contributed by atoms with E-state index >= 15 is 0 Å². The van der Waals surface area contributed by atoms with Crippen LogP contribution in [0, 0.1) is 5.82 Å². The van der Waals surface area contributed by atoms with Crippen LogP contribution in [0.5, 0.6) is 0 Å². The van der Waals surface area contributed by atoms with Crippen molar-refractivity contribution in [3.8, 4) is 11.1 Å². The Morgan fingerprint density at radius 3 is 2.29 bits per heavy atom. The molecule has 0 amide bonds. The molecular formula is C24H23FN2O.